The molecule has 2 aromatic heterocycles. The monoisotopic (exact) mass is 719 g/mol. The number of fused-ring (bicyclic) bond motifs is 3. The Labute approximate surface area is 284 Å². The third kappa shape index (κ3) is 5.85. The second-order valence-electron chi connectivity index (χ2n) is 12.5. The molecule has 13 heteroatoms. The maximum absolute atomic E-state index is 16.7. The van der Waals surface area contributed by atoms with Crippen LogP contribution in [-0.4, -0.2) is 99.6 Å². The van der Waals surface area contributed by atoms with E-state index in [9.17, 15) is 9.18 Å². The van der Waals surface area contributed by atoms with Crippen molar-refractivity contribution in [2.24, 2.45) is 0 Å². The van der Waals surface area contributed by atoms with Gasteiger partial charge in [-0.25, -0.2) is 19.7 Å². The number of aromatic nitrogens is 3. The van der Waals surface area contributed by atoms with E-state index in [0.717, 1.165) is 19.4 Å². The number of carbonyl (C=O) groups excluding carboxylic acids is 1. The average molecular weight is 721 g/mol. The number of pyridine rings is 1. The zero-order valence-corrected chi connectivity index (χ0v) is 27.7. The van der Waals surface area contributed by atoms with Crippen LogP contribution in [0.2, 0.25) is 0 Å². The van der Waals surface area contributed by atoms with E-state index in [1.807, 2.05) is 4.90 Å². The van der Waals surface area contributed by atoms with E-state index < -0.39 is 29.4 Å². The molecule has 0 aliphatic carbocycles. The first-order chi connectivity index (χ1) is 23.3. The topological polar surface area (TPSA) is 79.1 Å². The molecular weight excluding hydrogens is 687 g/mol. The Morgan fingerprint density at radius 3 is 2.79 bits per heavy atom. The molecule has 0 saturated carbocycles. The van der Waals surface area contributed by atoms with Gasteiger partial charge in [-0.2, -0.15) is 9.97 Å². The summed E-state index contributed by atoms with van der Waals surface area (Å²) in [7, 11) is 0. The Morgan fingerprint density at radius 1 is 1.15 bits per heavy atom. The molecule has 0 spiro atoms. The average Bonchev–Trinajstić information content (AvgIpc) is 3.62. The molecule has 3 aliphatic rings. The maximum Gasteiger partial charge on any atom is 0.319 e. The van der Waals surface area contributed by atoms with Gasteiger partial charge in [-0.1, -0.05) is 52.3 Å². The highest BCUT2D eigenvalue weighted by molar-refractivity contribution is 9.09. The van der Waals surface area contributed by atoms with Crippen molar-refractivity contribution in [3.05, 3.63) is 77.8 Å². The number of ether oxygens (including phenoxy) is 1. The van der Waals surface area contributed by atoms with Crippen LogP contribution < -0.4 is 9.64 Å². The van der Waals surface area contributed by atoms with Gasteiger partial charge in [-0.3, -0.25) is 14.7 Å². The molecule has 7 rings (SSSR count). The molecular formula is C35H33BrF3N7O2. The lowest BCUT2D eigenvalue weighted by Crippen LogP contribution is -2.56. The molecule has 3 fully saturated rings. The van der Waals surface area contributed by atoms with Crippen LogP contribution in [0.25, 0.3) is 37.8 Å². The van der Waals surface area contributed by atoms with E-state index in [4.69, 9.17) is 16.3 Å². The number of carbonyl (C=O) groups is 1. The van der Waals surface area contributed by atoms with Crippen LogP contribution in [0.5, 0.6) is 6.01 Å². The van der Waals surface area contributed by atoms with Gasteiger partial charge in [0.1, 0.15) is 41.7 Å². The Balaban J connectivity index is 1.31. The number of piperazine rings is 1. The number of benzene rings is 2. The SMILES string of the molecule is [C-]#[N+]C[C@H]1CN(c2nc(OC[C@@]34CCCN3C[C@H](F)C4)nc3c(F)c(-c4cccc5cccc(F)c45)ncc23)CCN1C(=O)/C=C/CBr. The van der Waals surface area contributed by atoms with E-state index >= 15 is 8.78 Å². The van der Waals surface area contributed by atoms with Gasteiger partial charge in [-0.05, 0) is 36.9 Å². The van der Waals surface area contributed by atoms with Crippen molar-refractivity contribution >= 4 is 49.3 Å². The summed E-state index contributed by atoms with van der Waals surface area (Å²) in [5, 5.41) is 1.69. The number of hydrogen-bond donors (Lipinski definition) is 0. The van der Waals surface area contributed by atoms with Crippen molar-refractivity contribution in [3.8, 4) is 17.3 Å². The second-order valence-corrected chi connectivity index (χ2v) is 13.2. The van der Waals surface area contributed by atoms with Crippen molar-refractivity contribution < 1.29 is 22.7 Å². The van der Waals surface area contributed by atoms with Gasteiger partial charge in [0.15, 0.2) is 5.82 Å². The van der Waals surface area contributed by atoms with Crippen molar-refractivity contribution in [1.29, 1.82) is 0 Å². The lowest BCUT2D eigenvalue weighted by Gasteiger charge is -2.39. The van der Waals surface area contributed by atoms with Crippen LogP contribution in [0, 0.1) is 18.2 Å². The maximum atomic E-state index is 16.7. The summed E-state index contributed by atoms with van der Waals surface area (Å²) < 4.78 is 52.6. The molecule has 48 heavy (non-hydrogen) atoms. The Hall–Kier alpha value is -4.28. The highest BCUT2D eigenvalue weighted by Crippen LogP contribution is 2.41. The number of rotatable bonds is 8. The predicted octanol–water partition coefficient (Wildman–Crippen LogP) is 5.97. The number of anilines is 1. The smallest absolute Gasteiger partial charge is 0.319 e. The highest BCUT2D eigenvalue weighted by atomic mass is 79.9. The Kier molecular flexibility index (Phi) is 8.96. The van der Waals surface area contributed by atoms with Crippen LogP contribution >= 0.6 is 15.9 Å². The number of nitrogens with zero attached hydrogens (tertiary/aromatic N) is 7. The summed E-state index contributed by atoms with van der Waals surface area (Å²) in [5.41, 5.74) is -0.307. The molecule has 4 aromatic rings. The minimum absolute atomic E-state index is 0.0515. The summed E-state index contributed by atoms with van der Waals surface area (Å²) in [6.45, 7) is 9.83. The molecule has 0 radical (unpaired) electrons. The van der Waals surface area contributed by atoms with Gasteiger partial charge in [0, 0.05) is 55.1 Å². The van der Waals surface area contributed by atoms with E-state index in [-0.39, 0.29) is 53.8 Å². The molecule has 2 aromatic carbocycles. The summed E-state index contributed by atoms with van der Waals surface area (Å²) in [5.74, 6) is -1.09. The van der Waals surface area contributed by atoms with Gasteiger partial charge < -0.3 is 19.4 Å². The van der Waals surface area contributed by atoms with Crippen LogP contribution in [0.4, 0.5) is 19.0 Å². The van der Waals surface area contributed by atoms with Gasteiger partial charge in [0.25, 0.3) is 0 Å². The summed E-state index contributed by atoms with van der Waals surface area (Å²) in [6, 6.07) is 9.27. The lowest BCUT2D eigenvalue weighted by atomic mass is 9.95. The number of halogens is 4. The molecule has 5 heterocycles. The third-order valence-corrected chi connectivity index (χ3v) is 10.1. The Morgan fingerprint density at radius 2 is 1.98 bits per heavy atom. The fourth-order valence-corrected chi connectivity index (χ4v) is 7.68. The van der Waals surface area contributed by atoms with E-state index in [0.29, 0.717) is 48.0 Å². The minimum Gasteiger partial charge on any atom is -0.461 e. The number of hydrogen-bond acceptors (Lipinski definition) is 7. The molecule has 0 bridgehead atoms. The molecule has 248 valence electrons. The fraction of sp³-hybridized carbons (Fsp3) is 0.400. The Bertz CT molecular complexity index is 1950. The van der Waals surface area contributed by atoms with Gasteiger partial charge in [0.05, 0.1) is 10.9 Å². The summed E-state index contributed by atoms with van der Waals surface area (Å²) >= 11 is 3.29. The first kappa shape index (κ1) is 32.3. The molecule has 0 N–H and O–H groups in total. The summed E-state index contributed by atoms with van der Waals surface area (Å²) in [4.78, 5) is 36.0. The number of alkyl halides is 2. The summed E-state index contributed by atoms with van der Waals surface area (Å²) in [6.07, 6.45) is 5.79. The van der Waals surface area contributed by atoms with E-state index in [1.165, 1.54) is 18.3 Å². The van der Waals surface area contributed by atoms with Gasteiger partial charge in [0.2, 0.25) is 12.5 Å². The first-order valence-corrected chi connectivity index (χ1v) is 17.1. The lowest BCUT2D eigenvalue weighted by molar-refractivity contribution is -0.128. The number of allylic oxidation sites excluding steroid dienone is 1. The standard InChI is InChI=1S/C35H33BrF3N7O2/c1-40-17-24-20-44(14-15-46(24)28(47)10-4-12-36)33-26-18-41-31(25-8-2-6-22-7-3-9-27(38)29(22)25)30(39)32(26)42-34(43-33)48-21-35-11-5-13-45(35)19-23(37)16-35/h2-4,6-10,18,23-24H,5,11-17,19-21H2/b10-4+/t23-,24+,35+/m1/s1. The van der Waals surface area contributed by atoms with E-state index in [2.05, 4.69) is 35.6 Å². The van der Waals surface area contributed by atoms with E-state index in [1.54, 1.807) is 41.3 Å². The second kappa shape index (κ2) is 13.3. The molecule has 1 amide bonds. The molecule has 0 unspecified atom stereocenters. The molecule has 3 atom stereocenters. The van der Waals surface area contributed by atoms with Gasteiger partial charge in [-0.15, -0.1) is 0 Å². The normalized spacial score (nSPS) is 22.9. The van der Waals surface area contributed by atoms with Crippen molar-refractivity contribution in [2.45, 2.75) is 37.0 Å². The highest BCUT2D eigenvalue weighted by Gasteiger charge is 2.49. The van der Waals surface area contributed by atoms with Crippen LogP contribution in [0.1, 0.15) is 19.3 Å². The minimum atomic E-state index is -0.947. The van der Waals surface area contributed by atoms with Crippen molar-refractivity contribution in [2.75, 3.05) is 56.1 Å². The molecule has 9 nitrogen and oxygen atoms in total. The fourth-order valence-electron chi connectivity index (χ4n) is 7.50. The van der Waals surface area contributed by atoms with Crippen molar-refractivity contribution in [1.82, 2.24) is 24.8 Å². The third-order valence-electron chi connectivity index (χ3n) is 9.70. The molecule has 3 saturated heterocycles. The predicted molar refractivity (Wildman–Crippen MR) is 181 cm³/mol. The van der Waals surface area contributed by atoms with Gasteiger partial charge >= 0.3 is 6.01 Å². The first-order valence-electron chi connectivity index (χ1n) is 16.0. The van der Waals surface area contributed by atoms with Crippen molar-refractivity contribution in [3.63, 3.8) is 0 Å². The number of amides is 1. The largest absolute Gasteiger partial charge is 0.461 e. The quantitative estimate of drug-likeness (QED) is 0.126. The van der Waals surface area contributed by atoms with Crippen LogP contribution in [-0.2, 0) is 4.79 Å². The van der Waals surface area contributed by atoms with Crippen LogP contribution in [0.15, 0.2) is 54.7 Å². The zero-order chi connectivity index (χ0) is 33.4. The van der Waals surface area contributed by atoms with Crippen LogP contribution in [0.3, 0.4) is 0 Å². The zero-order valence-electron chi connectivity index (χ0n) is 26.1. The molecule has 3 aliphatic heterocycles.